The molecular formula is C17H17ClN4O2S. The Morgan fingerprint density at radius 3 is 2.44 bits per heavy atom. The van der Waals surface area contributed by atoms with E-state index in [4.69, 9.17) is 11.6 Å². The zero-order valence-electron chi connectivity index (χ0n) is 13.7. The van der Waals surface area contributed by atoms with Gasteiger partial charge in [0.1, 0.15) is 0 Å². The number of nitrogens with zero attached hydrogens (tertiary/aromatic N) is 2. The van der Waals surface area contributed by atoms with Gasteiger partial charge in [0.15, 0.2) is 0 Å². The summed E-state index contributed by atoms with van der Waals surface area (Å²) in [4.78, 5) is 4.52. The highest BCUT2D eigenvalue weighted by Crippen LogP contribution is 2.32. The molecule has 1 heterocycles. The molecule has 0 aliphatic carbocycles. The monoisotopic (exact) mass is 376 g/mol. The molecule has 3 rings (SSSR count). The van der Waals surface area contributed by atoms with Gasteiger partial charge in [-0.05, 0) is 49.5 Å². The topological polar surface area (TPSA) is 76.0 Å². The molecule has 0 saturated carbocycles. The van der Waals surface area contributed by atoms with Crippen LogP contribution in [0.25, 0.3) is 11.3 Å². The summed E-state index contributed by atoms with van der Waals surface area (Å²) < 4.78 is 28.4. The van der Waals surface area contributed by atoms with E-state index in [1.807, 2.05) is 25.4 Å². The first-order chi connectivity index (χ1) is 11.9. The third-order valence-electron chi connectivity index (χ3n) is 3.67. The van der Waals surface area contributed by atoms with Crippen molar-refractivity contribution in [2.45, 2.75) is 4.90 Å². The quantitative estimate of drug-likeness (QED) is 0.715. The summed E-state index contributed by atoms with van der Waals surface area (Å²) >= 11 is 5.92. The molecule has 0 fully saturated rings. The maximum Gasteiger partial charge on any atom is 0.240 e. The van der Waals surface area contributed by atoms with Crippen molar-refractivity contribution in [3.63, 3.8) is 0 Å². The zero-order valence-corrected chi connectivity index (χ0v) is 15.3. The third kappa shape index (κ3) is 3.84. The van der Waals surface area contributed by atoms with Crippen molar-refractivity contribution >= 4 is 33.0 Å². The molecule has 0 spiro atoms. The molecule has 8 heteroatoms. The zero-order chi connectivity index (χ0) is 18.0. The summed E-state index contributed by atoms with van der Waals surface area (Å²) in [6.07, 6.45) is 3.50. The minimum absolute atomic E-state index is 0.178. The molecule has 2 aromatic carbocycles. The van der Waals surface area contributed by atoms with Crippen LogP contribution in [0.4, 0.5) is 11.4 Å². The van der Waals surface area contributed by atoms with Gasteiger partial charge in [-0.2, -0.15) is 0 Å². The van der Waals surface area contributed by atoms with E-state index in [0.717, 1.165) is 11.4 Å². The summed E-state index contributed by atoms with van der Waals surface area (Å²) in [6.45, 7) is 0. The second-order valence-corrected chi connectivity index (χ2v) is 7.79. The average molecular weight is 377 g/mol. The molecule has 6 nitrogen and oxygen atoms in total. The van der Waals surface area contributed by atoms with Crippen molar-refractivity contribution in [2.24, 2.45) is 7.05 Å². The number of aromatic nitrogens is 2. The van der Waals surface area contributed by atoms with Crippen molar-refractivity contribution in [3.8, 4) is 11.3 Å². The van der Waals surface area contributed by atoms with Crippen LogP contribution in [0.1, 0.15) is 0 Å². The highest BCUT2D eigenvalue weighted by molar-refractivity contribution is 7.89. The summed E-state index contributed by atoms with van der Waals surface area (Å²) in [5, 5.41) is 3.93. The number of hydrogen-bond acceptors (Lipinski definition) is 4. The van der Waals surface area contributed by atoms with Crippen LogP contribution in [0.2, 0.25) is 5.02 Å². The number of anilines is 2. The number of sulfonamides is 1. The molecule has 0 aliphatic rings. The van der Waals surface area contributed by atoms with E-state index in [0.29, 0.717) is 16.3 Å². The first-order valence-corrected chi connectivity index (χ1v) is 9.34. The molecule has 3 aromatic rings. The van der Waals surface area contributed by atoms with Gasteiger partial charge in [-0.1, -0.05) is 11.6 Å². The second-order valence-electron chi connectivity index (χ2n) is 5.47. The molecule has 0 aliphatic heterocycles. The third-order valence-corrected chi connectivity index (χ3v) is 5.34. The normalized spacial score (nSPS) is 11.5. The Morgan fingerprint density at radius 1 is 1.12 bits per heavy atom. The Hall–Kier alpha value is -2.35. The number of nitrogens with one attached hydrogen (secondary N) is 2. The van der Waals surface area contributed by atoms with E-state index >= 15 is 0 Å². The fourth-order valence-electron chi connectivity index (χ4n) is 2.37. The van der Waals surface area contributed by atoms with E-state index in [1.165, 1.54) is 7.05 Å². The minimum atomic E-state index is -3.55. The van der Waals surface area contributed by atoms with Crippen molar-refractivity contribution < 1.29 is 8.42 Å². The maximum atomic E-state index is 12.1. The SMILES string of the molecule is CNS(=O)(=O)c1ccc(Nc2ccc(Cl)cc2)c(-c2cn(C)cn2)c1. The first kappa shape index (κ1) is 17.5. The fourth-order valence-corrected chi connectivity index (χ4v) is 3.25. The van der Waals surface area contributed by atoms with Gasteiger partial charge >= 0.3 is 0 Å². The predicted molar refractivity (Wildman–Crippen MR) is 99.6 cm³/mol. The number of halogens is 1. The number of hydrogen-bond donors (Lipinski definition) is 2. The van der Waals surface area contributed by atoms with Gasteiger partial charge in [-0.15, -0.1) is 0 Å². The molecular weight excluding hydrogens is 360 g/mol. The molecule has 0 saturated heterocycles. The van der Waals surface area contributed by atoms with Crippen molar-refractivity contribution in [2.75, 3.05) is 12.4 Å². The lowest BCUT2D eigenvalue weighted by Crippen LogP contribution is -2.18. The van der Waals surface area contributed by atoms with Crippen LogP contribution in [0, 0.1) is 0 Å². The highest BCUT2D eigenvalue weighted by Gasteiger charge is 2.16. The van der Waals surface area contributed by atoms with Crippen LogP contribution in [-0.2, 0) is 17.1 Å². The van der Waals surface area contributed by atoms with E-state index in [9.17, 15) is 8.42 Å². The van der Waals surface area contributed by atoms with E-state index in [1.54, 1.807) is 41.2 Å². The van der Waals surface area contributed by atoms with Crippen LogP contribution >= 0.6 is 11.6 Å². The number of imidazole rings is 1. The Labute approximate surface area is 151 Å². The molecule has 0 radical (unpaired) electrons. The number of aryl methyl sites for hydroxylation is 1. The van der Waals surface area contributed by atoms with Crippen LogP contribution < -0.4 is 10.0 Å². The Morgan fingerprint density at radius 2 is 1.84 bits per heavy atom. The van der Waals surface area contributed by atoms with E-state index in [-0.39, 0.29) is 4.90 Å². The summed E-state index contributed by atoms with van der Waals surface area (Å²) in [6, 6.07) is 12.1. The van der Waals surface area contributed by atoms with Gasteiger partial charge in [0.2, 0.25) is 10.0 Å². The summed E-state index contributed by atoms with van der Waals surface area (Å²) in [5.41, 5.74) is 2.95. The first-order valence-electron chi connectivity index (χ1n) is 7.47. The van der Waals surface area contributed by atoms with Gasteiger partial charge in [0, 0.05) is 35.2 Å². The molecule has 0 unspecified atom stereocenters. The van der Waals surface area contributed by atoms with Crippen LogP contribution in [0.15, 0.2) is 59.9 Å². The van der Waals surface area contributed by atoms with Crippen molar-refractivity contribution in [3.05, 3.63) is 60.0 Å². The van der Waals surface area contributed by atoms with E-state index in [2.05, 4.69) is 15.0 Å². The molecule has 0 amide bonds. The van der Waals surface area contributed by atoms with Gasteiger partial charge in [0.05, 0.1) is 16.9 Å². The lowest BCUT2D eigenvalue weighted by atomic mass is 10.1. The largest absolute Gasteiger partial charge is 0.355 e. The highest BCUT2D eigenvalue weighted by atomic mass is 35.5. The molecule has 2 N–H and O–H groups in total. The predicted octanol–water partition coefficient (Wildman–Crippen LogP) is 3.39. The smallest absolute Gasteiger partial charge is 0.240 e. The molecule has 0 bridgehead atoms. The van der Waals surface area contributed by atoms with Crippen molar-refractivity contribution in [1.29, 1.82) is 0 Å². The minimum Gasteiger partial charge on any atom is -0.355 e. The standard InChI is InChI=1S/C17H17ClN4O2S/c1-19-25(23,24)14-7-8-16(21-13-5-3-12(18)4-6-13)15(9-14)17-10-22(2)11-20-17/h3-11,19,21H,1-2H3. The van der Waals surface area contributed by atoms with Gasteiger partial charge < -0.3 is 9.88 Å². The number of rotatable bonds is 5. The molecule has 0 atom stereocenters. The van der Waals surface area contributed by atoms with Crippen LogP contribution in [0.3, 0.4) is 0 Å². The van der Waals surface area contributed by atoms with Crippen LogP contribution in [-0.4, -0.2) is 25.0 Å². The fraction of sp³-hybridized carbons (Fsp3) is 0.118. The Balaban J connectivity index is 2.09. The maximum absolute atomic E-state index is 12.1. The number of benzene rings is 2. The summed E-state index contributed by atoms with van der Waals surface area (Å²) in [7, 11) is -0.304. The van der Waals surface area contributed by atoms with Crippen molar-refractivity contribution in [1.82, 2.24) is 14.3 Å². The van der Waals surface area contributed by atoms with Crippen LogP contribution in [0.5, 0.6) is 0 Å². The lowest BCUT2D eigenvalue weighted by Gasteiger charge is -2.13. The molecule has 1 aromatic heterocycles. The Kier molecular flexibility index (Phi) is 4.80. The van der Waals surface area contributed by atoms with E-state index < -0.39 is 10.0 Å². The average Bonchev–Trinajstić information content (AvgIpc) is 3.03. The molecule has 130 valence electrons. The van der Waals surface area contributed by atoms with Gasteiger partial charge in [0.25, 0.3) is 0 Å². The lowest BCUT2D eigenvalue weighted by molar-refractivity contribution is 0.588. The Bertz CT molecular complexity index is 998. The van der Waals surface area contributed by atoms with Gasteiger partial charge in [-0.3, -0.25) is 0 Å². The second kappa shape index (κ2) is 6.87. The summed E-state index contributed by atoms with van der Waals surface area (Å²) in [5.74, 6) is 0. The molecule has 25 heavy (non-hydrogen) atoms. The van der Waals surface area contributed by atoms with Gasteiger partial charge in [-0.25, -0.2) is 18.1 Å².